The van der Waals surface area contributed by atoms with Gasteiger partial charge in [-0.3, -0.25) is 4.79 Å². The van der Waals surface area contributed by atoms with Crippen LogP contribution in [0, 0.1) is 11.8 Å². The fraction of sp³-hybridized carbons (Fsp3) is 0.400. The third-order valence-electron chi connectivity index (χ3n) is 3.88. The third-order valence-corrected chi connectivity index (χ3v) is 3.88. The molecule has 0 bridgehead atoms. The van der Waals surface area contributed by atoms with Crippen LogP contribution in [0.5, 0.6) is 0 Å². The lowest BCUT2D eigenvalue weighted by molar-refractivity contribution is -0.123. The first-order chi connectivity index (χ1) is 9.65. The van der Waals surface area contributed by atoms with Crippen LogP contribution >= 0.6 is 0 Å². The van der Waals surface area contributed by atoms with Crippen molar-refractivity contribution in [2.75, 3.05) is 0 Å². The van der Waals surface area contributed by atoms with E-state index < -0.39 is 0 Å². The largest absolute Gasteiger partial charge is 0.349 e. The van der Waals surface area contributed by atoms with E-state index in [2.05, 4.69) is 22.3 Å². The lowest BCUT2D eigenvalue weighted by Gasteiger charge is -2.14. The average Bonchev–Trinajstić information content (AvgIpc) is 2.97. The van der Waals surface area contributed by atoms with Gasteiger partial charge >= 0.3 is 0 Å². The second kappa shape index (κ2) is 5.07. The molecule has 1 aromatic heterocycles. The highest BCUT2D eigenvalue weighted by Gasteiger charge is 2.39. The molecule has 1 aliphatic rings. The Labute approximate surface area is 118 Å². The van der Waals surface area contributed by atoms with Gasteiger partial charge in [0, 0.05) is 5.92 Å². The molecule has 0 saturated heterocycles. The molecule has 3 rings (SSSR count). The summed E-state index contributed by atoms with van der Waals surface area (Å²) in [5, 5.41) is 7.15. The molecule has 0 aliphatic heterocycles. The molecule has 20 heavy (non-hydrogen) atoms. The van der Waals surface area contributed by atoms with Crippen molar-refractivity contribution >= 4 is 5.91 Å². The van der Waals surface area contributed by atoms with Crippen LogP contribution in [-0.2, 0) is 4.79 Å². The Kier molecular flexibility index (Phi) is 3.26. The fourth-order valence-electron chi connectivity index (χ4n) is 2.35. The first kappa shape index (κ1) is 12.8. The molecular formula is C15H18N4O. The molecule has 1 fully saturated rings. The zero-order chi connectivity index (χ0) is 14.1. The van der Waals surface area contributed by atoms with Crippen LogP contribution < -0.4 is 5.32 Å². The minimum atomic E-state index is 0.0279. The summed E-state index contributed by atoms with van der Waals surface area (Å²) in [5.41, 5.74) is 2.05. The summed E-state index contributed by atoms with van der Waals surface area (Å²) in [6.07, 6.45) is 4.19. The maximum absolute atomic E-state index is 11.9. The van der Waals surface area contributed by atoms with Crippen molar-refractivity contribution in [1.29, 1.82) is 0 Å². The highest BCUT2D eigenvalue weighted by Crippen LogP contribution is 2.38. The van der Waals surface area contributed by atoms with Crippen molar-refractivity contribution in [3.63, 3.8) is 0 Å². The SMILES string of the molecule is C[C@H](NC(=O)[C@@H]1C[C@H]1C)c1ccc(-n2cncn2)cc1. The van der Waals surface area contributed by atoms with Crippen LogP contribution in [0.4, 0.5) is 0 Å². The second-order valence-electron chi connectivity index (χ2n) is 5.48. The Morgan fingerprint density at radius 3 is 2.65 bits per heavy atom. The summed E-state index contributed by atoms with van der Waals surface area (Å²) in [5.74, 6) is 0.925. The molecule has 5 nitrogen and oxygen atoms in total. The van der Waals surface area contributed by atoms with Gasteiger partial charge in [0.25, 0.3) is 0 Å². The standard InChI is InChI=1S/C15H18N4O/c1-10-7-14(10)15(20)18-11(2)12-3-5-13(6-4-12)19-9-16-8-17-19/h3-6,8-11,14H,7H2,1-2H3,(H,18,20)/t10-,11+,14-/m1/s1. The van der Waals surface area contributed by atoms with Gasteiger partial charge in [-0.15, -0.1) is 0 Å². The second-order valence-corrected chi connectivity index (χ2v) is 5.48. The predicted octanol–water partition coefficient (Wildman–Crippen LogP) is 2.10. The molecule has 3 atom stereocenters. The van der Waals surface area contributed by atoms with Crippen LogP contribution in [0.1, 0.15) is 31.9 Å². The number of amides is 1. The van der Waals surface area contributed by atoms with E-state index in [1.807, 2.05) is 31.2 Å². The molecule has 0 spiro atoms. The third kappa shape index (κ3) is 2.57. The van der Waals surface area contributed by atoms with E-state index in [0.29, 0.717) is 5.92 Å². The van der Waals surface area contributed by atoms with Crippen molar-refractivity contribution in [2.45, 2.75) is 26.3 Å². The summed E-state index contributed by atoms with van der Waals surface area (Å²) in [6.45, 7) is 4.12. The monoisotopic (exact) mass is 270 g/mol. The van der Waals surface area contributed by atoms with Crippen LogP contribution in [0.3, 0.4) is 0 Å². The fourth-order valence-corrected chi connectivity index (χ4v) is 2.35. The lowest BCUT2D eigenvalue weighted by Crippen LogP contribution is -2.28. The molecule has 2 aromatic rings. The molecule has 5 heteroatoms. The van der Waals surface area contributed by atoms with Crippen LogP contribution in [0.15, 0.2) is 36.9 Å². The van der Waals surface area contributed by atoms with E-state index in [4.69, 9.17) is 0 Å². The number of hydrogen-bond donors (Lipinski definition) is 1. The van der Waals surface area contributed by atoms with Gasteiger partial charge in [-0.25, -0.2) is 9.67 Å². The molecule has 1 aromatic carbocycles. The highest BCUT2D eigenvalue weighted by atomic mass is 16.2. The van der Waals surface area contributed by atoms with Crippen molar-refractivity contribution < 1.29 is 4.79 Å². The van der Waals surface area contributed by atoms with E-state index in [-0.39, 0.29) is 17.9 Å². The maximum atomic E-state index is 11.9. The first-order valence-electron chi connectivity index (χ1n) is 6.90. The highest BCUT2D eigenvalue weighted by molar-refractivity contribution is 5.81. The number of nitrogens with one attached hydrogen (secondary N) is 1. The number of carbonyl (C=O) groups excluding carboxylic acids is 1. The number of rotatable bonds is 4. The molecular weight excluding hydrogens is 252 g/mol. The molecule has 1 amide bonds. The molecule has 104 valence electrons. The molecule has 1 heterocycles. The van der Waals surface area contributed by atoms with Crippen molar-refractivity contribution in [3.8, 4) is 5.69 Å². The summed E-state index contributed by atoms with van der Waals surface area (Å²) < 4.78 is 1.71. The number of hydrogen-bond acceptors (Lipinski definition) is 3. The Morgan fingerprint density at radius 2 is 2.10 bits per heavy atom. The summed E-state index contributed by atoms with van der Waals surface area (Å²) in [7, 11) is 0. The van der Waals surface area contributed by atoms with Crippen molar-refractivity contribution in [3.05, 3.63) is 42.5 Å². The Hall–Kier alpha value is -2.17. The van der Waals surface area contributed by atoms with E-state index in [1.165, 1.54) is 6.33 Å². The quantitative estimate of drug-likeness (QED) is 0.925. The minimum Gasteiger partial charge on any atom is -0.349 e. The maximum Gasteiger partial charge on any atom is 0.223 e. The smallest absolute Gasteiger partial charge is 0.223 e. The van der Waals surface area contributed by atoms with Crippen molar-refractivity contribution in [1.82, 2.24) is 20.1 Å². The normalized spacial score (nSPS) is 22.3. The van der Waals surface area contributed by atoms with Gasteiger partial charge in [-0.2, -0.15) is 5.10 Å². The van der Waals surface area contributed by atoms with Crippen molar-refractivity contribution in [2.24, 2.45) is 11.8 Å². The average molecular weight is 270 g/mol. The lowest BCUT2D eigenvalue weighted by atomic mass is 10.1. The van der Waals surface area contributed by atoms with Gasteiger partial charge in [0.15, 0.2) is 0 Å². The van der Waals surface area contributed by atoms with E-state index >= 15 is 0 Å². The first-order valence-corrected chi connectivity index (χ1v) is 6.90. The number of carbonyl (C=O) groups is 1. The van der Waals surface area contributed by atoms with Crippen LogP contribution in [0.25, 0.3) is 5.69 Å². The molecule has 0 unspecified atom stereocenters. The number of nitrogens with zero attached hydrogens (tertiary/aromatic N) is 3. The van der Waals surface area contributed by atoms with Gasteiger partial charge in [0.05, 0.1) is 11.7 Å². The molecule has 0 radical (unpaired) electrons. The number of benzene rings is 1. The zero-order valence-corrected chi connectivity index (χ0v) is 11.7. The zero-order valence-electron chi connectivity index (χ0n) is 11.7. The van der Waals surface area contributed by atoms with Gasteiger partial charge in [0.2, 0.25) is 5.91 Å². The van der Waals surface area contributed by atoms with Crippen LogP contribution in [-0.4, -0.2) is 20.7 Å². The summed E-state index contributed by atoms with van der Waals surface area (Å²) in [6, 6.07) is 8.01. The van der Waals surface area contributed by atoms with Gasteiger partial charge in [-0.05, 0) is 37.0 Å². The Bertz CT molecular complexity index is 591. The van der Waals surface area contributed by atoms with E-state index in [1.54, 1.807) is 11.0 Å². The van der Waals surface area contributed by atoms with Gasteiger partial charge in [0.1, 0.15) is 12.7 Å². The van der Waals surface area contributed by atoms with Gasteiger partial charge < -0.3 is 5.32 Å². The number of aromatic nitrogens is 3. The Balaban J connectivity index is 1.66. The Morgan fingerprint density at radius 1 is 1.40 bits per heavy atom. The predicted molar refractivity (Wildman–Crippen MR) is 75.2 cm³/mol. The van der Waals surface area contributed by atoms with E-state index in [9.17, 15) is 4.79 Å². The topological polar surface area (TPSA) is 59.8 Å². The molecule has 1 N–H and O–H groups in total. The van der Waals surface area contributed by atoms with Crippen LogP contribution in [0.2, 0.25) is 0 Å². The summed E-state index contributed by atoms with van der Waals surface area (Å²) >= 11 is 0. The molecule has 1 aliphatic carbocycles. The molecule has 1 saturated carbocycles. The summed E-state index contributed by atoms with van der Waals surface area (Å²) in [4.78, 5) is 15.8. The van der Waals surface area contributed by atoms with Gasteiger partial charge in [-0.1, -0.05) is 19.1 Å². The minimum absolute atomic E-state index is 0.0279. The van der Waals surface area contributed by atoms with E-state index in [0.717, 1.165) is 17.7 Å².